The molecule has 1 aromatic carbocycles. The van der Waals surface area contributed by atoms with Gasteiger partial charge in [-0.05, 0) is 37.3 Å². The van der Waals surface area contributed by atoms with Crippen LogP contribution in [-0.2, 0) is 10.0 Å². The summed E-state index contributed by atoms with van der Waals surface area (Å²) in [5.41, 5.74) is 6.43. The van der Waals surface area contributed by atoms with Gasteiger partial charge in [0, 0.05) is 11.9 Å². The molecule has 2 rings (SSSR count). The van der Waals surface area contributed by atoms with Gasteiger partial charge in [-0.15, -0.1) is 0 Å². The molecule has 0 aliphatic heterocycles. The highest BCUT2D eigenvalue weighted by Gasteiger charge is 2.19. The Labute approximate surface area is 121 Å². The molecular weight excluding hydrogens is 294 g/mol. The number of pyridine rings is 1. The van der Waals surface area contributed by atoms with E-state index in [1.54, 1.807) is 13.0 Å². The zero-order valence-electron chi connectivity index (χ0n) is 11.1. The lowest BCUT2D eigenvalue weighted by Gasteiger charge is -2.11. The SMILES string of the molecule is Cc1cc(NS(=O)(=O)c2ccc(C(=O)O)cc2N)ccn1. The van der Waals surface area contributed by atoms with E-state index in [4.69, 9.17) is 10.8 Å². The second-order valence-electron chi connectivity index (χ2n) is 4.35. The van der Waals surface area contributed by atoms with Gasteiger partial charge in [0.05, 0.1) is 16.9 Å². The van der Waals surface area contributed by atoms with E-state index in [9.17, 15) is 13.2 Å². The summed E-state index contributed by atoms with van der Waals surface area (Å²) in [5.74, 6) is -1.18. The molecule has 7 nitrogen and oxygen atoms in total. The van der Waals surface area contributed by atoms with Gasteiger partial charge in [0.15, 0.2) is 0 Å². The van der Waals surface area contributed by atoms with E-state index in [2.05, 4.69) is 9.71 Å². The van der Waals surface area contributed by atoms with Gasteiger partial charge in [-0.1, -0.05) is 0 Å². The largest absolute Gasteiger partial charge is 0.478 e. The van der Waals surface area contributed by atoms with Crippen LogP contribution in [0.3, 0.4) is 0 Å². The van der Waals surface area contributed by atoms with Crippen molar-refractivity contribution in [2.75, 3.05) is 10.5 Å². The summed E-state index contributed by atoms with van der Waals surface area (Å²) < 4.78 is 26.9. The van der Waals surface area contributed by atoms with E-state index in [0.29, 0.717) is 11.4 Å². The first-order valence-corrected chi connectivity index (χ1v) is 7.36. The van der Waals surface area contributed by atoms with Gasteiger partial charge in [0.1, 0.15) is 4.90 Å². The molecule has 110 valence electrons. The molecule has 0 fully saturated rings. The van der Waals surface area contributed by atoms with E-state index >= 15 is 0 Å². The molecule has 0 unspecified atom stereocenters. The Morgan fingerprint density at radius 1 is 1.29 bits per heavy atom. The normalized spacial score (nSPS) is 11.1. The highest BCUT2D eigenvalue weighted by molar-refractivity contribution is 7.92. The Bertz CT molecular complexity index is 803. The summed E-state index contributed by atoms with van der Waals surface area (Å²) in [6.07, 6.45) is 1.48. The first-order valence-electron chi connectivity index (χ1n) is 5.88. The molecule has 0 spiro atoms. The lowest BCUT2D eigenvalue weighted by atomic mass is 10.2. The Hall–Kier alpha value is -2.61. The van der Waals surface area contributed by atoms with Crippen LogP contribution in [0.15, 0.2) is 41.4 Å². The van der Waals surface area contributed by atoms with Crippen molar-refractivity contribution >= 4 is 27.4 Å². The molecule has 0 amide bonds. The van der Waals surface area contributed by atoms with Crippen LogP contribution in [0, 0.1) is 6.92 Å². The molecule has 4 N–H and O–H groups in total. The molecule has 8 heteroatoms. The molecule has 0 saturated carbocycles. The van der Waals surface area contributed by atoms with Gasteiger partial charge in [0.2, 0.25) is 0 Å². The second kappa shape index (κ2) is 5.41. The number of aryl methyl sites for hydroxylation is 1. The summed E-state index contributed by atoms with van der Waals surface area (Å²) in [7, 11) is -3.90. The lowest BCUT2D eigenvalue weighted by Crippen LogP contribution is -2.15. The number of nitrogen functional groups attached to an aromatic ring is 1. The zero-order chi connectivity index (χ0) is 15.6. The maximum atomic E-state index is 12.3. The number of carboxylic acid groups (broad SMARTS) is 1. The monoisotopic (exact) mass is 307 g/mol. The lowest BCUT2D eigenvalue weighted by molar-refractivity contribution is 0.0697. The average Bonchev–Trinajstić information content (AvgIpc) is 2.37. The topological polar surface area (TPSA) is 122 Å². The number of hydrogen-bond donors (Lipinski definition) is 3. The Balaban J connectivity index is 2.38. The number of carbonyl (C=O) groups is 1. The number of rotatable bonds is 4. The number of aromatic nitrogens is 1. The Morgan fingerprint density at radius 2 is 2.00 bits per heavy atom. The molecule has 0 aliphatic rings. The highest BCUT2D eigenvalue weighted by Crippen LogP contribution is 2.22. The van der Waals surface area contributed by atoms with Crippen LogP contribution >= 0.6 is 0 Å². The zero-order valence-corrected chi connectivity index (χ0v) is 11.9. The highest BCUT2D eigenvalue weighted by atomic mass is 32.2. The minimum absolute atomic E-state index is 0.0776. The molecule has 0 aliphatic carbocycles. The van der Waals surface area contributed by atoms with Crippen molar-refractivity contribution in [3.05, 3.63) is 47.8 Å². The van der Waals surface area contributed by atoms with Crippen LogP contribution in [-0.4, -0.2) is 24.5 Å². The van der Waals surface area contributed by atoms with Crippen LogP contribution in [0.5, 0.6) is 0 Å². The fourth-order valence-corrected chi connectivity index (χ4v) is 2.91. The van der Waals surface area contributed by atoms with Crippen molar-refractivity contribution in [2.45, 2.75) is 11.8 Å². The molecule has 21 heavy (non-hydrogen) atoms. The van der Waals surface area contributed by atoms with Crippen LogP contribution in [0.4, 0.5) is 11.4 Å². The number of nitrogens with one attached hydrogen (secondary N) is 1. The predicted molar refractivity (Wildman–Crippen MR) is 77.6 cm³/mol. The molecule has 2 aromatic rings. The average molecular weight is 307 g/mol. The quantitative estimate of drug-likeness (QED) is 0.735. The van der Waals surface area contributed by atoms with E-state index in [0.717, 1.165) is 12.1 Å². The van der Waals surface area contributed by atoms with Gasteiger partial charge in [-0.2, -0.15) is 0 Å². The molecule has 1 aromatic heterocycles. The number of hydrogen-bond acceptors (Lipinski definition) is 5. The van der Waals surface area contributed by atoms with Crippen LogP contribution in [0.2, 0.25) is 0 Å². The van der Waals surface area contributed by atoms with E-state index in [1.165, 1.54) is 18.3 Å². The van der Waals surface area contributed by atoms with E-state index in [-0.39, 0.29) is 16.1 Å². The van der Waals surface area contributed by atoms with Gasteiger partial charge in [0.25, 0.3) is 10.0 Å². The number of carboxylic acids is 1. The maximum Gasteiger partial charge on any atom is 0.335 e. The van der Waals surface area contributed by atoms with Gasteiger partial charge in [-0.25, -0.2) is 13.2 Å². The van der Waals surface area contributed by atoms with Gasteiger partial charge in [-0.3, -0.25) is 9.71 Å². The summed E-state index contributed by atoms with van der Waals surface area (Å²) in [5, 5.41) is 8.84. The predicted octanol–water partition coefficient (Wildman–Crippen LogP) is 1.47. The second-order valence-corrected chi connectivity index (χ2v) is 6.00. The first-order chi connectivity index (χ1) is 9.79. The molecule has 0 atom stereocenters. The molecule has 0 radical (unpaired) electrons. The number of nitrogens with two attached hydrogens (primary N) is 1. The number of aromatic carboxylic acids is 1. The fourth-order valence-electron chi connectivity index (χ4n) is 1.75. The molecule has 0 bridgehead atoms. The maximum absolute atomic E-state index is 12.3. The third-order valence-corrected chi connectivity index (χ3v) is 4.15. The Kier molecular flexibility index (Phi) is 3.81. The summed E-state index contributed by atoms with van der Waals surface area (Å²) in [6.45, 7) is 1.73. The number of benzene rings is 1. The molecular formula is C13H13N3O4S. The number of sulfonamides is 1. The fraction of sp³-hybridized carbons (Fsp3) is 0.0769. The minimum Gasteiger partial charge on any atom is -0.478 e. The van der Waals surface area contributed by atoms with E-state index < -0.39 is 16.0 Å². The van der Waals surface area contributed by atoms with Crippen molar-refractivity contribution in [1.29, 1.82) is 0 Å². The van der Waals surface area contributed by atoms with Crippen molar-refractivity contribution in [1.82, 2.24) is 4.98 Å². The minimum atomic E-state index is -3.90. The van der Waals surface area contributed by atoms with Crippen LogP contribution in [0.1, 0.15) is 16.1 Å². The standard InChI is InChI=1S/C13H13N3O4S/c1-8-6-10(4-5-15-8)16-21(19,20)12-3-2-9(13(17)18)7-11(12)14/h2-7H,14H2,1H3,(H,15,16)(H,17,18). The van der Waals surface area contributed by atoms with Crippen molar-refractivity contribution in [3.8, 4) is 0 Å². The summed E-state index contributed by atoms with van der Waals surface area (Å²) in [4.78, 5) is 14.6. The Morgan fingerprint density at radius 3 is 2.57 bits per heavy atom. The molecule has 0 saturated heterocycles. The molecule has 1 heterocycles. The number of nitrogens with zero attached hydrogens (tertiary/aromatic N) is 1. The van der Waals surface area contributed by atoms with Gasteiger partial charge < -0.3 is 10.8 Å². The smallest absolute Gasteiger partial charge is 0.335 e. The van der Waals surface area contributed by atoms with Crippen molar-refractivity contribution in [2.24, 2.45) is 0 Å². The number of anilines is 2. The summed E-state index contributed by atoms with van der Waals surface area (Å²) in [6, 6.07) is 6.53. The van der Waals surface area contributed by atoms with Crippen molar-refractivity contribution in [3.63, 3.8) is 0 Å². The summed E-state index contributed by atoms with van der Waals surface area (Å²) >= 11 is 0. The third-order valence-electron chi connectivity index (χ3n) is 2.70. The third kappa shape index (κ3) is 3.29. The van der Waals surface area contributed by atoms with Crippen LogP contribution < -0.4 is 10.5 Å². The van der Waals surface area contributed by atoms with Crippen molar-refractivity contribution < 1.29 is 18.3 Å². The van der Waals surface area contributed by atoms with E-state index in [1.807, 2.05) is 0 Å². The van der Waals surface area contributed by atoms with Crippen LogP contribution in [0.25, 0.3) is 0 Å². The first kappa shape index (κ1) is 14.8. The van der Waals surface area contributed by atoms with Gasteiger partial charge >= 0.3 is 5.97 Å².